The van der Waals surface area contributed by atoms with Crippen LogP contribution >= 0.6 is 0 Å². The highest BCUT2D eigenvalue weighted by Gasteiger charge is 2.38. The number of carboxylic acids is 2. The van der Waals surface area contributed by atoms with Crippen LogP contribution in [0.3, 0.4) is 0 Å². The second-order valence-electron chi connectivity index (χ2n) is 12.0. The van der Waals surface area contributed by atoms with Gasteiger partial charge < -0.3 is 41.4 Å². The van der Waals surface area contributed by atoms with Gasteiger partial charge in [0.1, 0.15) is 30.3 Å². The SMILES string of the molecule is CC(C)(C)OC(=O)N[C@@H](CCCCNC(=O)CN=[N+]=[N-])C(=O)OC(C)(C)C.O=C(O)C(F)(F)F.[N-]=[N+]=NCC(=O)NCCCC[C@H]([NH3+])C(=O)O. The zero-order valence-corrected chi connectivity index (χ0v) is 28.9. The van der Waals surface area contributed by atoms with Gasteiger partial charge in [0, 0.05) is 29.3 Å². The van der Waals surface area contributed by atoms with Crippen LogP contribution in [0.5, 0.6) is 0 Å². The lowest BCUT2D eigenvalue weighted by Gasteiger charge is -2.26. The molecule has 0 aromatic heterocycles. The maximum absolute atomic E-state index is 12.3. The van der Waals surface area contributed by atoms with Crippen molar-refractivity contribution in [1.82, 2.24) is 16.0 Å². The van der Waals surface area contributed by atoms with Crippen LogP contribution in [0, 0.1) is 0 Å². The number of alkyl carbamates (subject to hydrolysis) is 1. The number of halogens is 3. The molecule has 0 aliphatic rings. The average Bonchev–Trinajstić information content (AvgIpc) is 2.96. The maximum atomic E-state index is 12.3. The number of amides is 3. The van der Waals surface area contributed by atoms with Crippen molar-refractivity contribution in [2.45, 2.75) is 110 Å². The lowest BCUT2D eigenvalue weighted by Crippen LogP contribution is -2.64. The molecule has 0 fully saturated rings. The molecule has 0 bridgehead atoms. The minimum atomic E-state index is -5.08. The summed E-state index contributed by atoms with van der Waals surface area (Å²) in [6.45, 7) is 10.8. The number of carbonyl (C=O) groups is 6. The van der Waals surface area contributed by atoms with E-state index in [1.807, 2.05) is 0 Å². The summed E-state index contributed by atoms with van der Waals surface area (Å²) in [6.07, 6.45) is -2.45. The number of alkyl halides is 3. The van der Waals surface area contributed by atoms with Gasteiger partial charge in [-0.05, 0) is 84.7 Å². The van der Waals surface area contributed by atoms with Gasteiger partial charge in [-0.15, -0.1) is 0 Å². The van der Waals surface area contributed by atoms with Crippen molar-refractivity contribution < 1.29 is 67.4 Å². The van der Waals surface area contributed by atoms with E-state index in [1.54, 1.807) is 41.5 Å². The van der Waals surface area contributed by atoms with E-state index < -0.39 is 53.5 Å². The van der Waals surface area contributed by atoms with Gasteiger partial charge in [-0.1, -0.05) is 10.2 Å². The Morgan fingerprint density at radius 2 is 1.16 bits per heavy atom. The monoisotopic (exact) mass is 729 g/mol. The van der Waals surface area contributed by atoms with Crippen molar-refractivity contribution >= 4 is 35.8 Å². The number of quaternary nitrogens is 1. The summed E-state index contributed by atoms with van der Waals surface area (Å²) in [5, 5.41) is 29.6. The number of unbranched alkanes of at least 4 members (excludes halogenated alkanes) is 2. The summed E-state index contributed by atoms with van der Waals surface area (Å²) in [5.74, 6) is -4.91. The third kappa shape index (κ3) is 34.3. The fourth-order valence-electron chi connectivity index (χ4n) is 2.94. The van der Waals surface area contributed by atoms with E-state index in [-0.39, 0.29) is 24.9 Å². The Hall–Kier alpha value is -5.01. The quantitative estimate of drug-likeness (QED) is 0.0418. The number of nitrogens with one attached hydrogen (secondary N) is 3. The molecule has 0 saturated carbocycles. The second kappa shape index (κ2) is 25.9. The number of hydrogen-bond acceptors (Lipinski definition) is 10. The van der Waals surface area contributed by atoms with Crippen LogP contribution in [-0.4, -0.2) is 102 Å². The molecular weight excluding hydrogens is 681 g/mol. The number of carboxylic acid groups (broad SMARTS) is 2. The summed E-state index contributed by atoms with van der Waals surface area (Å²) in [4.78, 5) is 70.8. The van der Waals surface area contributed by atoms with Crippen LogP contribution in [0.15, 0.2) is 10.2 Å². The molecule has 0 aromatic carbocycles. The first-order valence-corrected chi connectivity index (χ1v) is 15.0. The zero-order chi connectivity index (χ0) is 39.6. The van der Waals surface area contributed by atoms with Gasteiger partial charge in [-0.25, -0.2) is 19.2 Å². The van der Waals surface area contributed by atoms with E-state index >= 15 is 0 Å². The number of aliphatic carboxylic acids is 2. The van der Waals surface area contributed by atoms with E-state index in [0.717, 1.165) is 0 Å². The molecule has 23 heteroatoms. The number of ether oxygens (including phenoxy) is 2. The molecule has 0 aliphatic carbocycles. The van der Waals surface area contributed by atoms with Crippen molar-refractivity contribution in [3.8, 4) is 0 Å². The van der Waals surface area contributed by atoms with Gasteiger partial charge in [0.05, 0.1) is 0 Å². The molecule has 50 heavy (non-hydrogen) atoms. The number of azide groups is 2. The van der Waals surface area contributed by atoms with E-state index in [1.165, 1.54) is 0 Å². The molecule has 2 atom stereocenters. The van der Waals surface area contributed by atoms with E-state index in [4.69, 9.17) is 35.5 Å². The minimum Gasteiger partial charge on any atom is -0.477 e. The molecule has 20 nitrogen and oxygen atoms in total. The van der Waals surface area contributed by atoms with E-state index in [2.05, 4.69) is 41.7 Å². The van der Waals surface area contributed by atoms with Crippen LogP contribution in [-0.2, 0) is 33.4 Å². The van der Waals surface area contributed by atoms with Crippen LogP contribution in [0.1, 0.15) is 80.1 Å². The molecule has 0 heterocycles. The van der Waals surface area contributed by atoms with Gasteiger partial charge in [0.25, 0.3) is 0 Å². The van der Waals surface area contributed by atoms with Crippen molar-refractivity contribution in [3.63, 3.8) is 0 Å². The number of carbonyl (C=O) groups excluding carboxylic acids is 4. The standard InChI is InChI=1S/C17H31N5O5.C8H15N5O3.C2HF3O2/c1-16(2,3)26-14(24)12(21-15(25)27-17(4,5)6)9-7-8-10-19-13(23)11-20-22-18;9-6(8(15)16)3-1-2-4-11-7(14)5-12-13-10;3-2(4,5)1(6)7/h12H,7-11H2,1-6H3,(H,19,23)(H,21,25);6H,1-5,9H2,(H,11,14)(H,15,16);(H,6,7)/p+1/t12-;6-;/m00./s1. The van der Waals surface area contributed by atoms with Gasteiger partial charge in [-0.2, -0.15) is 13.2 Å². The molecule has 0 radical (unpaired) electrons. The largest absolute Gasteiger partial charge is 0.490 e. The average molecular weight is 730 g/mol. The third-order valence-electron chi connectivity index (χ3n) is 5.07. The molecule has 0 rings (SSSR count). The second-order valence-corrected chi connectivity index (χ2v) is 12.0. The molecule has 8 N–H and O–H groups in total. The van der Waals surface area contributed by atoms with Crippen molar-refractivity contribution in [2.24, 2.45) is 10.2 Å². The molecular formula is C27H48F3N10O10+. The molecule has 0 saturated heterocycles. The molecule has 0 spiro atoms. The lowest BCUT2D eigenvalue weighted by molar-refractivity contribution is -0.409. The Labute approximate surface area is 286 Å². The zero-order valence-electron chi connectivity index (χ0n) is 28.9. The first-order chi connectivity index (χ1) is 22.9. The molecule has 3 amide bonds. The summed E-state index contributed by atoms with van der Waals surface area (Å²) in [7, 11) is 0. The number of esters is 1. The first kappa shape index (κ1) is 49.4. The topological polar surface area (TPSA) is 323 Å². The highest BCUT2D eigenvalue weighted by atomic mass is 19.4. The first-order valence-electron chi connectivity index (χ1n) is 15.0. The van der Waals surface area contributed by atoms with E-state index in [9.17, 15) is 37.1 Å². The summed E-state index contributed by atoms with van der Waals surface area (Å²) in [6, 6.07) is -1.45. The normalized spacial score (nSPS) is 11.9. The fraction of sp³-hybridized carbons (Fsp3) is 0.778. The Morgan fingerprint density at radius 3 is 1.50 bits per heavy atom. The highest BCUT2D eigenvalue weighted by molar-refractivity contribution is 5.81. The summed E-state index contributed by atoms with van der Waals surface area (Å²) >= 11 is 0. The third-order valence-corrected chi connectivity index (χ3v) is 5.07. The van der Waals surface area contributed by atoms with Crippen molar-refractivity contribution in [3.05, 3.63) is 20.9 Å². The Balaban J connectivity index is -0.000000804. The van der Waals surface area contributed by atoms with Crippen molar-refractivity contribution in [2.75, 3.05) is 26.2 Å². The van der Waals surface area contributed by atoms with Crippen LogP contribution in [0.4, 0.5) is 18.0 Å². The fourth-order valence-corrected chi connectivity index (χ4v) is 2.94. The van der Waals surface area contributed by atoms with Gasteiger partial charge in [0.15, 0.2) is 6.04 Å². The van der Waals surface area contributed by atoms with Crippen LogP contribution in [0.2, 0.25) is 0 Å². The number of nitrogens with zero attached hydrogens (tertiary/aromatic N) is 6. The molecule has 0 aliphatic heterocycles. The molecule has 286 valence electrons. The minimum absolute atomic E-state index is 0.205. The van der Waals surface area contributed by atoms with Gasteiger partial charge in [0.2, 0.25) is 11.8 Å². The predicted octanol–water partition coefficient (Wildman–Crippen LogP) is 2.73. The van der Waals surface area contributed by atoms with Gasteiger partial charge in [-0.3, -0.25) is 9.59 Å². The van der Waals surface area contributed by atoms with Crippen LogP contribution in [0.25, 0.3) is 20.9 Å². The Kier molecular flexibility index (Phi) is 25.6. The molecule has 0 aromatic rings. The Bertz CT molecular complexity index is 1190. The van der Waals surface area contributed by atoms with Crippen molar-refractivity contribution in [1.29, 1.82) is 0 Å². The lowest BCUT2D eigenvalue weighted by atomic mass is 10.1. The number of hydrogen-bond donors (Lipinski definition) is 6. The number of rotatable bonds is 17. The smallest absolute Gasteiger partial charge is 0.477 e. The Morgan fingerprint density at radius 1 is 0.760 bits per heavy atom. The highest BCUT2D eigenvalue weighted by Crippen LogP contribution is 2.14. The molecule has 0 unspecified atom stereocenters. The summed E-state index contributed by atoms with van der Waals surface area (Å²) < 4.78 is 42.3. The predicted molar refractivity (Wildman–Crippen MR) is 169 cm³/mol. The van der Waals surface area contributed by atoms with E-state index in [0.29, 0.717) is 51.6 Å². The maximum Gasteiger partial charge on any atom is 0.490 e. The van der Waals surface area contributed by atoms with Gasteiger partial charge >= 0.3 is 30.2 Å². The summed E-state index contributed by atoms with van der Waals surface area (Å²) in [5.41, 5.74) is 18.2. The van der Waals surface area contributed by atoms with Crippen LogP contribution < -0.4 is 21.7 Å².